The second-order valence-electron chi connectivity index (χ2n) is 4.93. The largest absolute Gasteiger partial charge is 0.487 e. The number of ether oxygens (including phenoxy) is 1. The summed E-state index contributed by atoms with van der Waals surface area (Å²) >= 11 is 9.52. The monoisotopic (exact) mass is 370 g/mol. The lowest BCUT2D eigenvalue weighted by Crippen LogP contribution is -2.07. The van der Waals surface area contributed by atoms with Crippen LogP contribution in [0.2, 0.25) is 0 Å². The van der Waals surface area contributed by atoms with E-state index >= 15 is 0 Å². The van der Waals surface area contributed by atoms with Crippen molar-refractivity contribution < 1.29 is 4.74 Å². The number of nitrogens with zero attached hydrogens (tertiary/aromatic N) is 2. The number of aromatic nitrogens is 2. The lowest BCUT2D eigenvalue weighted by atomic mass is 10.1. The van der Waals surface area contributed by atoms with Crippen molar-refractivity contribution in [1.29, 1.82) is 0 Å². The van der Waals surface area contributed by atoms with Crippen molar-refractivity contribution in [3.05, 3.63) is 45.2 Å². The van der Waals surface area contributed by atoms with Crippen molar-refractivity contribution in [2.45, 2.75) is 46.2 Å². The molecule has 2 rings (SSSR count). The molecule has 0 bridgehead atoms. The lowest BCUT2D eigenvalue weighted by molar-refractivity contribution is 0.288. The van der Waals surface area contributed by atoms with Crippen LogP contribution in [0.5, 0.6) is 5.75 Å². The Kier molecular flexibility index (Phi) is 5.71. The molecule has 114 valence electrons. The molecule has 0 fully saturated rings. The topological polar surface area (TPSA) is 27.1 Å². The first kappa shape index (κ1) is 16.4. The molecule has 0 spiro atoms. The Morgan fingerprint density at radius 3 is 2.67 bits per heavy atom. The van der Waals surface area contributed by atoms with E-state index in [0.717, 1.165) is 45.7 Å². The zero-order chi connectivity index (χ0) is 15.4. The molecule has 1 heterocycles. The maximum Gasteiger partial charge on any atom is 0.130 e. The van der Waals surface area contributed by atoms with Crippen LogP contribution in [0.3, 0.4) is 0 Å². The van der Waals surface area contributed by atoms with Gasteiger partial charge in [-0.05, 0) is 44.0 Å². The SMILES string of the molecule is CCc1cc(COc2c(C)cc(Br)cc2CCl)n(CC)n1. The third-order valence-electron chi connectivity index (χ3n) is 3.40. The molecule has 0 N–H and O–H groups in total. The van der Waals surface area contributed by atoms with E-state index in [-0.39, 0.29) is 0 Å². The van der Waals surface area contributed by atoms with E-state index in [1.54, 1.807) is 0 Å². The summed E-state index contributed by atoms with van der Waals surface area (Å²) in [5.74, 6) is 1.30. The van der Waals surface area contributed by atoms with E-state index in [2.05, 4.69) is 40.9 Å². The summed E-state index contributed by atoms with van der Waals surface area (Å²) in [4.78, 5) is 0. The highest BCUT2D eigenvalue weighted by Crippen LogP contribution is 2.30. The van der Waals surface area contributed by atoms with Gasteiger partial charge in [0, 0.05) is 16.6 Å². The molecule has 1 aromatic carbocycles. The molecule has 0 unspecified atom stereocenters. The molecule has 0 aliphatic rings. The molecule has 1 aromatic heterocycles. The van der Waals surface area contributed by atoms with Crippen LogP contribution in [0.4, 0.5) is 0 Å². The average molecular weight is 372 g/mol. The Balaban J connectivity index is 2.22. The highest BCUT2D eigenvalue weighted by molar-refractivity contribution is 9.10. The minimum absolute atomic E-state index is 0.433. The predicted octanol–water partition coefficient (Wildman–Crippen LogP) is 4.85. The van der Waals surface area contributed by atoms with Gasteiger partial charge in [0.2, 0.25) is 0 Å². The number of aryl methyl sites for hydroxylation is 3. The van der Waals surface area contributed by atoms with Gasteiger partial charge in [0.15, 0.2) is 0 Å². The normalized spacial score (nSPS) is 10.9. The fraction of sp³-hybridized carbons (Fsp3) is 0.438. The van der Waals surface area contributed by atoms with Gasteiger partial charge in [-0.3, -0.25) is 4.68 Å². The fourth-order valence-electron chi connectivity index (χ4n) is 2.33. The molecule has 0 atom stereocenters. The van der Waals surface area contributed by atoms with E-state index in [0.29, 0.717) is 12.5 Å². The summed E-state index contributed by atoms with van der Waals surface area (Å²) in [6.07, 6.45) is 0.935. The molecule has 0 aliphatic carbocycles. The first-order valence-electron chi connectivity index (χ1n) is 7.12. The number of hydrogen-bond acceptors (Lipinski definition) is 2. The van der Waals surface area contributed by atoms with Crippen molar-refractivity contribution in [3.63, 3.8) is 0 Å². The third-order valence-corrected chi connectivity index (χ3v) is 4.15. The number of benzene rings is 1. The number of halogens is 2. The van der Waals surface area contributed by atoms with Crippen LogP contribution in [0.15, 0.2) is 22.7 Å². The minimum atomic E-state index is 0.433. The second kappa shape index (κ2) is 7.32. The van der Waals surface area contributed by atoms with Crippen LogP contribution in [0.25, 0.3) is 0 Å². The molecule has 0 saturated carbocycles. The Morgan fingerprint density at radius 1 is 1.29 bits per heavy atom. The zero-order valence-electron chi connectivity index (χ0n) is 12.6. The van der Waals surface area contributed by atoms with Gasteiger partial charge in [-0.1, -0.05) is 22.9 Å². The van der Waals surface area contributed by atoms with Crippen LogP contribution >= 0.6 is 27.5 Å². The van der Waals surface area contributed by atoms with E-state index in [1.165, 1.54) is 0 Å². The molecule has 0 saturated heterocycles. The van der Waals surface area contributed by atoms with Crippen molar-refractivity contribution >= 4 is 27.5 Å². The van der Waals surface area contributed by atoms with Crippen LogP contribution in [-0.4, -0.2) is 9.78 Å². The Morgan fingerprint density at radius 2 is 2.05 bits per heavy atom. The van der Waals surface area contributed by atoms with Crippen molar-refractivity contribution in [2.75, 3.05) is 0 Å². The number of rotatable bonds is 6. The van der Waals surface area contributed by atoms with Gasteiger partial charge in [-0.15, -0.1) is 11.6 Å². The molecule has 0 aliphatic heterocycles. The third kappa shape index (κ3) is 3.80. The summed E-state index contributed by atoms with van der Waals surface area (Å²) in [5.41, 5.74) is 4.28. The number of alkyl halides is 1. The predicted molar refractivity (Wildman–Crippen MR) is 90.0 cm³/mol. The van der Waals surface area contributed by atoms with E-state index in [9.17, 15) is 0 Å². The quantitative estimate of drug-likeness (QED) is 0.678. The van der Waals surface area contributed by atoms with Crippen molar-refractivity contribution in [1.82, 2.24) is 9.78 Å². The number of hydrogen-bond donors (Lipinski definition) is 0. The summed E-state index contributed by atoms with van der Waals surface area (Å²) in [5, 5.41) is 4.54. The standard InChI is InChI=1S/C16H20BrClN2O/c1-4-14-8-15(20(5-2)19-14)10-21-16-11(3)6-13(17)7-12(16)9-18/h6-8H,4-5,9-10H2,1-3H3. The lowest BCUT2D eigenvalue weighted by Gasteiger charge is -2.14. The van der Waals surface area contributed by atoms with Crippen molar-refractivity contribution in [2.24, 2.45) is 0 Å². The molecule has 0 radical (unpaired) electrons. The van der Waals surface area contributed by atoms with Crippen LogP contribution in [0.1, 0.15) is 36.4 Å². The Bertz CT molecular complexity index is 625. The maximum atomic E-state index is 6.03. The van der Waals surface area contributed by atoms with Gasteiger partial charge < -0.3 is 4.74 Å². The average Bonchev–Trinajstić information content (AvgIpc) is 2.88. The summed E-state index contributed by atoms with van der Waals surface area (Å²) < 4.78 is 9.05. The first-order valence-corrected chi connectivity index (χ1v) is 8.45. The molecular formula is C16H20BrClN2O. The van der Waals surface area contributed by atoms with Gasteiger partial charge in [-0.2, -0.15) is 5.10 Å². The molecule has 0 amide bonds. The smallest absolute Gasteiger partial charge is 0.130 e. The molecule has 21 heavy (non-hydrogen) atoms. The molecular weight excluding hydrogens is 352 g/mol. The van der Waals surface area contributed by atoms with E-state index in [1.807, 2.05) is 23.7 Å². The van der Waals surface area contributed by atoms with Gasteiger partial charge in [0.05, 0.1) is 17.3 Å². The van der Waals surface area contributed by atoms with E-state index < -0.39 is 0 Å². The first-order chi connectivity index (χ1) is 10.1. The van der Waals surface area contributed by atoms with Crippen LogP contribution in [-0.2, 0) is 25.5 Å². The van der Waals surface area contributed by atoms with Gasteiger partial charge in [0.25, 0.3) is 0 Å². The zero-order valence-corrected chi connectivity index (χ0v) is 15.0. The molecule has 2 aromatic rings. The summed E-state index contributed by atoms with van der Waals surface area (Å²) in [7, 11) is 0. The highest BCUT2D eigenvalue weighted by Gasteiger charge is 2.11. The minimum Gasteiger partial charge on any atom is -0.487 e. The second-order valence-corrected chi connectivity index (χ2v) is 6.11. The van der Waals surface area contributed by atoms with Gasteiger partial charge >= 0.3 is 0 Å². The van der Waals surface area contributed by atoms with Crippen molar-refractivity contribution in [3.8, 4) is 5.75 Å². The van der Waals surface area contributed by atoms with Gasteiger partial charge in [0.1, 0.15) is 12.4 Å². The Labute approximate surface area is 139 Å². The summed E-state index contributed by atoms with van der Waals surface area (Å²) in [6, 6.07) is 6.15. The van der Waals surface area contributed by atoms with Crippen LogP contribution in [0, 0.1) is 6.92 Å². The molecule has 5 heteroatoms. The van der Waals surface area contributed by atoms with Gasteiger partial charge in [-0.25, -0.2) is 0 Å². The Hall–Kier alpha value is -1.00. The van der Waals surface area contributed by atoms with E-state index in [4.69, 9.17) is 16.3 Å². The highest BCUT2D eigenvalue weighted by atomic mass is 79.9. The molecule has 3 nitrogen and oxygen atoms in total. The summed E-state index contributed by atoms with van der Waals surface area (Å²) in [6.45, 7) is 7.58. The maximum absolute atomic E-state index is 6.03. The fourth-order valence-corrected chi connectivity index (χ4v) is 3.15. The van der Waals surface area contributed by atoms with Crippen LogP contribution < -0.4 is 4.74 Å².